The van der Waals surface area contributed by atoms with Gasteiger partial charge in [0.15, 0.2) is 29.1 Å². The SMILES string of the molecule is CC(=O)Nc1cn(C)c(C(=O)Nc2cn(C)c(C(=O)Nc3cn(C)c(C(=O)NCCC(=O)Nc4cn(C)c(C(=O)Nc5cn(C)c(C(=O)NCC[C@@H](N)C(=O)Nc6cc(C(=O)Nc7cc(C(=O)NC[C@@H](O)CC(=O)Nc8cc(C(=O)Nc9cc(C(=O)Nc%10cc(C(=O)NCCC(=O)NCCCN(C)C)n(C)c%10)n(C)c9)n(C)c8)n(C)c7)n(C)c6)n5)n4)n3)n2)n1. The first kappa shape index (κ1) is 90.7. The number of aromatic nitrogens is 15. The summed E-state index contributed by atoms with van der Waals surface area (Å²) < 4.78 is 14.1. The fraction of sp³-hybridized carbons (Fsp3) is 0.342. The molecule has 124 heavy (non-hydrogen) atoms. The van der Waals surface area contributed by atoms with Gasteiger partial charge in [-0.3, -0.25) is 71.9 Å². The highest BCUT2D eigenvalue weighted by atomic mass is 16.3. The molecule has 0 saturated heterocycles. The van der Waals surface area contributed by atoms with Crippen molar-refractivity contribution in [3.63, 3.8) is 0 Å². The lowest BCUT2D eigenvalue weighted by atomic mass is 10.2. The van der Waals surface area contributed by atoms with Crippen LogP contribution < -0.4 is 85.5 Å². The average Bonchev–Trinajstić information content (AvgIpc) is 1.69. The molecule has 10 rings (SSSR count). The van der Waals surface area contributed by atoms with E-state index in [-0.39, 0.29) is 167 Å². The summed E-state index contributed by atoms with van der Waals surface area (Å²) in [5, 5.41) is 50.4. The molecule has 0 aliphatic rings. The van der Waals surface area contributed by atoms with Crippen molar-refractivity contribution >= 4 is 146 Å². The Bertz CT molecular complexity index is 5790. The number of nitrogens with two attached hydrogens (primary N) is 1. The van der Waals surface area contributed by atoms with Crippen LogP contribution in [0.15, 0.2) is 92.3 Å². The summed E-state index contributed by atoms with van der Waals surface area (Å²) in [5.41, 5.74) is 8.19. The lowest BCUT2D eigenvalue weighted by Gasteiger charge is -2.12. The summed E-state index contributed by atoms with van der Waals surface area (Å²) in [5.74, 6) is -9.15. The summed E-state index contributed by atoms with van der Waals surface area (Å²) in [6, 6.07) is 6.00. The lowest BCUT2D eigenvalue weighted by Crippen LogP contribution is -2.39. The number of carbonyl (C=O) groups is 15. The van der Waals surface area contributed by atoms with Crippen molar-refractivity contribution in [2.24, 2.45) is 76.2 Å². The predicted molar refractivity (Wildman–Crippen MR) is 449 cm³/mol. The van der Waals surface area contributed by atoms with Crippen LogP contribution >= 0.6 is 0 Å². The molecule has 656 valence electrons. The second-order valence-electron chi connectivity index (χ2n) is 29.2. The molecule has 2 atom stereocenters. The normalized spacial score (nSPS) is 11.5. The van der Waals surface area contributed by atoms with Gasteiger partial charge >= 0.3 is 0 Å². The lowest BCUT2D eigenvalue weighted by molar-refractivity contribution is -0.121. The van der Waals surface area contributed by atoms with Crippen molar-refractivity contribution in [1.82, 2.24) is 102 Å². The van der Waals surface area contributed by atoms with E-state index in [1.807, 2.05) is 19.0 Å². The molecule has 0 aliphatic heterocycles. The van der Waals surface area contributed by atoms with Crippen LogP contribution in [0.1, 0.15) is 145 Å². The molecular weight excluding hydrogens is 1620 g/mol. The summed E-state index contributed by atoms with van der Waals surface area (Å²) in [7, 11) is 19.4. The van der Waals surface area contributed by atoms with Crippen LogP contribution in [0.4, 0.5) is 57.5 Å². The zero-order chi connectivity index (χ0) is 90.2. The predicted octanol–water partition coefficient (Wildman–Crippen LogP) is -0.329. The Morgan fingerprint density at radius 2 is 0.669 bits per heavy atom. The van der Waals surface area contributed by atoms with Crippen molar-refractivity contribution in [2.45, 2.75) is 51.2 Å². The van der Waals surface area contributed by atoms with Gasteiger partial charge in [0.05, 0.1) is 47.0 Å². The number of hydrogen-bond acceptors (Lipinski definition) is 23. The van der Waals surface area contributed by atoms with Crippen LogP contribution in [0, 0.1) is 0 Å². The van der Waals surface area contributed by atoms with Crippen LogP contribution in [0.2, 0.25) is 0 Å². The quantitative estimate of drug-likeness (QED) is 0.0220. The highest BCUT2D eigenvalue weighted by molar-refractivity contribution is 6.10. The number of carbonyl (C=O) groups excluding carboxylic acids is 15. The number of aliphatic hydroxyl groups is 1. The van der Waals surface area contributed by atoms with E-state index in [1.165, 1.54) is 167 Å². The van der Waals surface area contributed by atoms with Gasteiger partial charge in [0.25, 0.3) is 59.1 Å². The minimum Gasteiger partial charge on any atom is -0.391 e. The number of aliphatic hydroxyl groups excluding tert-OH is 1. The molecule has 0 spiro atoms. The molecule has 0 aromatic carbocycles. The molecule has 0 saturated carbocycles. The maximum atomic E-state index is 13.6. The molecule has 15 amide bonds. The van der Waals surface area contributed by atoms with Crippen molar-refractivity contribution in [1.29, 1.82) is 0 Å². The van der Waals surface area contributed by atoms with Gasteiger partial charge in [0, 0.05) is 185 Å². The Labute approximate surface area is 706 Å². The van der Waals surface area contributed by atoms with Gasteiger partial charge in [-0.05, 0) is 63.8 Å². The minimum absolute atomic E-state index is 0.00217. The van der Waals surface area contributed by atoms with Crippen LogP contribution in [0.3, 0.4) is 0 Å². The molecule has 10 aromatic heterocycles. The number of aryl methyl sites for hydroxylation is 10. The summed E-state index contributed by atoms with van der Waals surface area (Å²) in [6.07, 6.45) is 13.3. The van der Waals surface area contributed by atoms with E-state index in [0.717, 1.165) is 13.0 Å². The third-order valence-corrected chi connectivity index (χ3v) is 18.6. The number of amides is 15. The maximum absolute atomic E-state index is 13.6. The second-order valence-corrected chi connectivity index (χ2v) is 29.2. The van der Waals surface area contributed by atoms with E-state index in [2.05, 4.69) is 105 Å². The van der Waals surface area contributed by atoms with Crippen LogP contribution in [0.25, 0.3) is 0 Å². The molecule has 0 unspecified atom stereocenters. The highest BCUT2D eigenvalue weighted by Gasteiger charge is 2.28. The van der Waals surface area contributed by atoms with Crippen molar-refractivity contribution in [3.05, 3.63) is 150 Å². The maximum Gasteiger partial charge on any atom is 0.292 e. The molecule has 48 nitrogen and oxygen atoms in total. The number of nitrogens with one attached hydrogen (secondary N) is 15. The van der Waals surface area contributed by atoms with Gasteiger partial charge in [-0.25, -0.2) is 24.9 Å². The molecule has 18 N–H and O–H groups in total. The largest absolute Gasteiger partial charge is 0.391 e. The molecule has 0 aliphatic carbocycles. The number of hydrogen-bond donors (Lipinski definition) is 17. The van der Waals surface area contributed by atoms with E-state index in [0.29, 0.717) is 12.2 Å². The van der Waals surface area contributed by atoms with E-state index in [9.17, 15) is 77.0 Å². The molecule has 0 fully saturated rings. The average molecular weight is 1710 g/mol. The first-order chi connectivity index (χ1) is 58.7. The molecule has 0 bridgehead atoms. The fourth-order valence-electron chi connectivity index (χ4n) is 12.5. The van der Waals surface area contributed by atoms with Crippen molar-refractivity contribution < 1.29 is 77.0 Å². The van der Waals surface area contributed by atoms with E-state index < -0.39 is 95.4 Å². The van der Waals surface area contributed by atoms with Crippen molar-refractivity contribution in [2.75, 3.05) is 107 Å². The Balaban J connectivity index is 0.597. The van der Waals surface area contributed by atoms with E-state index in [1.54, 1.807) is 48.5 Å². The standard InChI is InChI=1S/C76H96N32O16/c1-40(109)83-53-35-106(11)63(90-53)74(122)97-57-39-108(13)65(94-57)76(124)96-56-38-105(10)62(93-56)73(121)81-21-17-59(112)89-54-36-107(12)64(91-54)75(123)95-55-37-104(9)61(92-55)72(120)80-19-15-47(77)66(114)85-42-26-51(102(7)31-42)70(118)87-44-25-49(100(5)33-44)68(116)82-29-46(110)28-60(113)84-41-23-50(101(6)30-41)69(117)88-45-27-52(103(8)34-45)71(119)86-43-24-48(99(4)32-43)67(115)79-20-16-58(111)78-18-14-22-98(2)3/h23-27,30-39,46-47,110H,14-22,28-29,77H2,1-13H3,(H,78,111)(H,79,115)(H,80,120)(H,81,121)(H,82,116)(H,83,109)(H,84,113)(H,85,114)(H,86,119)(H,87,118)(H,88,117)(H,89,112)(H,95,123)(H,96,124)(H,97,122)/t46-,47+/m0/s1. The summed E-state index contributed by atoms with van der Waals surface area (Å²) in [6.45, 7) is 2.16. The zero-order valence-electron chi connectivity index (χ0n) is 69.9. The zero-order valence-corrected chi connectivity index (χ0v) is 69.9. The third kappa shape index (κ3) is 23.9. The topological polar surface area (TPSA) is 600 Å². The number of anilines is 10. The minimum atomic E-state index is -1.36. The molecular formula is C76H96N32O16. The van der Waals surface area contributed by atoms with Gasteiger partial charge in [0.1, 0.15) is 28.5 Å². The van der Waals surface area contributed by atoms with Gasteiger partial charge < -0.3 is 141 Å². The van der Waals surface area contributed by atoms with E-state index >= 15 is 0 Å². The van der Waals surface area contributed by atoms with E-state index in [4.69, 9.17) is 5.73 Å². The highest BCUT2D eigenvalue weighted by Crippen LogP contribution is 2.24. The number of imidazole rings is 5. The smallest absolute Gasteiger partial charge is 0.292 e. The number of rotatable bonds is 38. The Morgan fingerprint density at radius 1 is 0.347 bits per heavy atom. The van der Waals surface area contributed by atoms with Crippen LogP contribution in [-0.4, -0.2) is 235 Å². The molecule has 10 aromatic rings. The van der Waals surface area contributed by atoms with Gasteiger partial charge in [-0.15, -0.1) is 0 Å². The van der Waals surface area contributed by atoms with Crippen LogP contribution in [-0.2, 0) is 94.4 Å². The molecule has 48 heteroatoms. The van der Waals surface area contributed by atoms with Gasteiger partial charge in [-0.2, -0.15) is 0 Å². The Hall–Kier alpha value is -15.6. The van der Waals surface area contributed by atoms with Gasteiger partial charge in [-0.1, -0.05) is 0 Å². The second kappa shape index (κ2) is 40.0. The first-order valence-electron chi connectivity index (χ1n) is 38.3. The Kier molecular flexibility index (Phi) is 29.2. The van der Waals surface area contributed by atoms with Gasteiger partial charge in [0.2, 0.25) is 58.7 Å². The molecule has 0 radical (unpaired) electrons. The van der Waals surface area contributed by atoms with Crippen molar-refractivity contribution in [3.8, 4) is 0 Å². The third-order valence-electron chi connectivity index (χ3n) is 18.6. The summed E-state index contributed by atoms with van der Waals surface area (Å²) >= 11 is 0. The monoisotopic (exact) mass is 1710 g/mol. The Morgan fingerprint density at radius 3 is 1.06 bits per heavy atom. The van der Waals surface area contributed by atoms with Crippen LogP contribution in [0.5, 0.6) is 0 Å². The molecule has 10 heterocycles. The first-order valence-corrected chi connectivity index (χ1v) is 38.3. The fourth-order valence-corrected chi connectivity index (χ4v) is 12.5. The summed E-state index contributed by atoms with van der Waals surface area (Å²) in [4.78, 5) is 219. The number of nitrogens with zero attached hydrogens (tertiary/aromatic N) is 16.